The standard InChI is InChI=1S/C26H18BrNO2/c1-30-26(29)20-9-5-6-10-23(20)28-24-13-11-18(17-7-3-2-4-8-17)15-21(24)22-16-19(27)12-14-25(22)28/h2-16H,1H3. The van der Waals surface area contributed by atoms with Gasteiger partial charge < -0.3 is 9.30 Å². The minimum absolute atomic E-state index is 0.349. The maximum atomic E-state index is 12.5. The van der Waals surface area contributed by atoms with Crippen LogP contribution in [0.2, 0.25) is 0 Å². The Morgan fingerprint density at radius 2 is 1.43 bits per heavy atom. The second-order valence-corrected chi connectivity index (χ2v) is 8.02. The highest BCUT2D eigenvalue weighted by atomic mass is 79.9. The molecule has 0 bridgehead atoms. The van der Waals surface area contributed by atoms with Gasteiger partial charge in [0.2, 0.25) is 0 Å². The third-order valence-electron chi connectivity index (χ3n) is 5.38. The van der Waals surface area contributed by atoms with E-state index in [2.05, 4.69) is 63.0 Å². The molecule has 0 radical (unpaired) electrons. The first-order valence-corrected chi connectivity index (χ1v) is 10.4. The highest BCUT2D eigenvalue weighted by Gasteiger charge is 2.18. The van der Waals surface area contributed by atoms with E-state index in [1.165, 1.54) is 12.7 Å². The van der Waals surface area contributed by atoms with Crippen molar-refractivity contribution in [1.82, 2.24) is 4.57 Å². The summed E-state index contributed by atoms with van der Waals surface area (Å²) in [7, 11) is 1.41. The van der Waals surface area contributed by atoms with Gasteiger partial charge in [-0.1, -0.05) is 64.5 Å². The molecule has 146 valence electrons. The lowest BCUT2D eigenvalue weighted by Gasteiger charge is -2.12. The van der Waals surface area contributed by atoms with Gasteiger partial charge in [0, 0.05) is 15.2 Å². The van der Waals surface area contributed by atoms with Gasteiger partial charge in [-0.15, -0.1) is 0 Å². The van der Waals surface area contributed by atoms with E-state index in [9.17, 15) is 4.79 Å². The number of carbonyl (C=O) groups is 1. The average Bonchev–Trinajstić information content (AvgIpc) is 3.12. The van der Waals surface area contributed by atoms with E-state index in [1.54, 1.807) is 6.07 Å². The summed E-state index contributed by atoms with van der Waals surface area (Å²) in [6.07, 6.45) is 0. The van der Waals surface area contributed by atoms with Crippen LogP contribution in [0.3, 0.4) is 0 Å². The molecule has 0 spiro atoms. The van der Waals surface area contributed by atoms with Gasteiger partial charge in [0.1, 0.15) is 0 Å². The molecule has 0 saturated carbocycles. The Morgan fingerprint density at radius 1 is 0.767 bits per heavy atom. The summed E-state index contributed by atoms with van der Waals surface area (Å²) in [6.45, 7) is 0. The van der Waals surface area contributed by atoms with Gasteiger partial charge in [-0.05, 0) is 53.6 Å². The SMILES string of the molecule is COC(=O)c1ccccc1-n1c2ccc(Br)cc2c2cc(-c3ccccc3)ccc21. The summed E-state index contributed by atoms with van der Waals surface area (Å²) in [5.41, 5.74) is 5.75. The van der Waals surface area contributed by atoms with Crippen LogP contribution in [0, 0.1) is 0 Å². The molecule has 0 aliphatic rings. The van der Waals surface area contributed by atoms with Gasteiger partial charge in [-0.3, -0.25) is 0 Å². The van der Waals surface area contributed by atoms with Crippen LogP contribution in [0.25, 0.3) is 38.6 Å². The Bertz CT molecular complexity index is 1400. The molecule has 5 rings (SSSR count). The number of hydrogen-bond donors (Lipinski definition) is 0. The molecule has 0 atom stereocenters. The molecule has 0 fully saturated rings. The van der Waals surface area contributed by atoms with Gasteiger partial charge in [0.25, 0.3) is 0 Å². The summed E-state index contributed by atoms with van der Waals surface area (Å²) in [6, 6.07) is 30.6. The van der Waals surface area contributed by atoms with Crippen molar-refractivity contribution in [3.8, 4) is 16.8 Å². The fraction of sp³-hybridized carbons (Fsp3) is 0.0385. The minimum atomic E-state index is -0.349. The van der Waals surface area contributed by atoms with Gasteiger partial charge in [-0.2, -0.15) is 0 Å². The van der Waals surface area contributed by atoms with E-state index >= 15 is 0 Å². The van der Waals surface area contributed by atoms with Crippen molar-refractivity contribution in [2.75, 3.05) is 7.11 Å². The van der Waals surface area contributed by atoms with E-state index < -0.39 is 0 Å². The minimum Gasteiger partial charge on any atom is -0.465 e. The molecule has 30 heavy (non-hydrogen) atoms. The van der Waals surface area contributed by atoms with Crippen LogP contribution < -0.4 is 0 Å². The molecule has 3 nitrogen and oxygen atoms in total. The predicted molar refractivity (Wildman–Crippen MR) is 125 cm³/mol. The first-order chi connectivity index (χ1) is 14.7. The molecule has 0 aliphatic carbocycles. The molecule has 0 amide bonds. The molecule has 5 aromatic rings. The van der Waals surface area contributed by atoms with E-state index in [0.29, 0.717) is 5.56 Å². The smallest absolute Gasteiger partial charge is 0.339 e. The molecule has 1 aromatic heterocycles. The molecule has 4 aromatic carbocycles. The summed E-state index contributed by atoms with van der Waals surface area (Å²) < 4.78 is 8.19. The zero-order valence-corrected chi connectivity index (χ0v) is 17.9. The number of para-hydroxylation sites is 1. The number of halogens is 1. The van der Waals surface area contributed by atoms with Crippen LogP contribution in [0.15, 0.2) is 95.5 Å². The molecule has 1 heterocycles. The van der Waals surface area contributed by atoms with Crippen molar-refractivity contribution >= 4 is 43.7 Å². The zero-order chi connectivity index (χ0) is 20.7. The third kappa shape index (κ3) is 3.01. The molecule has 0 N–H and O–H groups in total. The van der Waals surface area contributed by atoms with Crippen LogP contribution >= 0.6 is 15.9 Å². The summed E-state index contributed by atoms with van der Waals surface area (Å²) >= 11 is 3.61. The first-order valence-electron chi connectivity index (χ1n) is 9.64. The van der Waals surface area contributed by atoms with Crippen LogP contribution in [-0.4, -0.2) is 17.6 Å². The highest BCUT2D eigenvalue weighted by Crippen LogP contribution is 2.37. The van der Waals surface area contributed by atoms with Gasteiger partial charge in [0.05, 0.1) is 29.4 Å². The van der Waals surface area contributed by atoms with Gasteiger partial charge in [-0.25, -0.2) is 4.79 Å². The third-order valence-corrected chi connectivity index (χ3v) is 5.88. The monoisotopic (exact) mass is 455 g/mol. The van der Waals surface area contributed by atoms with Gasteiger partial charge >= 0.3 is 5.97 Å². The fourth-order valence-electron chi connectivity index (χ4n) is 4.02. The van der Waals surface area contributed by atoms with Gasteiger partial charge in [0.15, 0.2) is 0 Å². The summed E-state index contributed by atoms with van der Waals surface area (Å²) in [5.74, 6) is -0.349. The highest BCUT2D eigenvalue weighted by molar-refractivity contribution is 9.10. The zero-order valence-electron chi connectivity index (χ0n) is 16.3. The quantitative estimate of drug-likeness (QED) is 0.274. The van der Waals surface area contributed by atoms with E-state index in [-0.39, 0.29) is 5.97 Å². The van der Waals surface area contributed by atoms with Crippen molar-refractivity contribution in [2.45, 2.75) is 0 Å². The molecule has 4 heteroatoms. The number of aromatic nitrogens is 1. The molecule has 0 unspecified atom stereocenters. The molecular formula is C26H18BrNO2. The number of rotatable bonds is 3. The lowest BCUT2D eigenvalue weighted by molar-refractivity contribution is 0.0601. The van der Waals surface area contributed by atoms with Crippen molar-refractivity contribution in [1.29, 1.82) is 0 Å². The fourth-order valence-corrected chi connectivity index (χ4v) is 4.38. The largest absolute Gasteiger partial charge is 0.465 e. The topological polar surface area (TPSA) is 31.2 Å². The van der Waals surface area contributed by atoms with E-state index in [0.717, 1.165) is 37.5 Å². The maximum Gasteiger partial charge on any atom is 0.339 e. The van der Waals surface area contributed by atoms with E-state index in [1.807, 2.05) is 42.5 Å². The van der Waals surface area contributed by atoms with Crippen LogP contribution in [0.1, 0.15) is 10.4 Å². The Kier molecular flexibility index (Phi) is 4.64. The average molecular weight is 456 g/mol. The number of carbonyl (C=O) groups excluding carboxylic acids is 1. The lowest BCUT2D eigenvalue weighted by Crippen LogP contribution is -2.07. The lowest BCUT2D eigenvalue weighted by atomic mass is 10.0. The molecule has 0 saturated heterocycles. The first kappa shape index (κ1) is 18.6. The second-order valence-electron chi connectivity index (χ2n) is 7.10. The Morgan fingerprint density at radius 3 is 2.20 bits per heavy atom. The number of nitrogens with zero attached hydrogens (tertiary/aromatic N) is 1. The Hall–Kier alpha value is -3.37. The number of fused-ring (bicyclic) bond motifs is 3. The number of methoxy groups -OCH3 is 1. The number of hydrogen-bond acceptors (Lipinski definition) is 2. The van der Waals surface area contributed by atoms with E-state index in [4.69, 9.17) is 4.74 Å². The normalized spacial score (nSPS) is 11.1. The van der Waals surface area contributed by atoms with Crippen molar-refractivity contribution in [3.05, 3.63) is 101 Å². The van der Waals surface area contributed by atoms with Crippen molar-refractivity contribution in [2.24, 2.45) is 0 Å². The Labute approximate surface area is 182 Å². The van der Waals surface area contributed by atoms with Crippen molar-refractivity contribution in [3.63, 3.8) is 0 Å². The Balaban J connectivity index is 1.86. The molecular weight excluding hydrogens is 438 g/mol. The van der Waals surface area contributed by atoms with Crippen molar-refractivity contribution < 1.29 is 9.53 Å². The summed E-state index contributed by atoms with van der Waals surface area (Å²) in [4.78, 5) is 12.5. The van der Waals surface area contributed by atoms with Crippen LogP contribution in [-0.2, 0) is 4.74 Å². The van der Waals surface area contributed by atoms with Crippen LogP contribution in [0.4, 0.5) is 0 Å². The second kappa shape index (κ2) is 7.47. The number of benzene rings is 4. The van der Waals surface area contributed by atoms with Crippen LogP contribution in [0.5, 0.6) is 0 Å². The maximum absolute atomic E-state index is 12.5. The predicted octanol–water partition coefficient (Wildman–Crippen LogP) is 7.00. The molecule has 0 aliphatic heterocycles. The number of esters is 1. The summed E-state index contributed by atoms with van der Waals surface area (Å²) in [5, 5.41) is 2.25. The number of ether oxygens (including phenoxy) is 1.